The maximum absolute atomic E-state index is 3.69. The lowest BCUT2D eigenvalue weighted by Crippen LogP contribution is -2.53. The van der Waals surface area contributed by atoms with Crippen molar-refractivity contribution in [3.05, 3.63) is 0 Å². The van der Waals surface area contributed by atoms with Crippen LogP contribution in [0.3, 0.4) is 0 Å². The standard InChI is InChI=1S/C13H28N2/c1-6-12(3,4)15-10-8-9-14-13(5,7-2)11-15/h14H,6-11H2,1-5H3. The van der Waals surface area contributed by atoms with Crippen molar-refractivity contribution in [2.24, 2.45) is 0 Å². The monoisotopic (exact) mass is 212 g/mol. The Kier molecular flexibility index (Phi) is 4.19. The third kappa shape index (κ3) is 3.18. The zero-order valence-corrected chi connectivity index (χ0v) is 11.2. The van der Waals surface area contributed by atoms with E-state index in [1.807, 2.05) is 0 Å². The van der Waals surface area contributed by atoms with E-state index in [9.17, 15) is 0 Å². The predicted molar refractivity (Wildman–Crippen MR) is 67.3 cm³/mol. The summed E-state index contributed by atoms with van der Waals surface area (Å²) >= 11 is 0. The first-order valence-corrected chi connectivity index (χ1v) is 6.43. The van der Waals surface area contributed by atoms with Gasteiger partial charge in [0.05, 0.1) is 0 Å². The number of nitrogens with zero attached hydrogens (tertiary/aromatic N) is 1. The molecule has 0 aromatic heterocycles. The van der Waals surface area contributed by atoms with E-state index in [0.717, 1.165) is 0 Å². The maximum atomic E-state index is 3.69. The number of hydrogen-bond acceptors (Lipinski definition) is 2. The summed E-state index contributed by atoms with van der Waals surface area (Å²) in [6, 6.07) is 0. The van der Waals surface area contributed by atoms with Gasteiger partial charge < -0.3 is 5.32 Å². The number of hydrogen-bond donors (Lipinski definition) is 1. The molecular weight excluding hydrogens is 184 g/mol. The summed E-state index contributed by atoms with van der Waals surface area (Å²) in [6.45, 7) is 15.3. The molecule has 90 valence electrons. The minimum atomic E-state index is 0.308. The summed E-state index contributed by atoms with van der Waals surface area (Å²) in [5.74, 6) is 0. The molecule has 0 aliphatic carbocycles. The molecule has 0 spiro atoms. The van der Waals surface area contributed by atoms with Crippen molar-refractivity contribution in [3.63, 3.8) is 0 Å². The summed E-state index contributed by atoms with van der Waals surface area (Å²) in [5, 5.41) is 3.69. The molecule has 2 nitrogen and oxygen atoms in total. The Morgan fingerprint density at radius 2 is 2.00 bits per heavy atom. The molecule has 0 bridgehead atoms. The van der Waals surface area contributed by atoms with Crippen LogP contribution in [-0.4, -0.2) is 35.6 Å². The van der Waals surface area contributed by atoms with Gasteiger partial charge in [0, 0.05) is 17.6 Å². The molecule has 2 heteroatoms. The van der Waals surface area contributed by atoms with Gasteiger partial charge in [-0.1, -0.05) is 13.8 Å². The molecule has 0 aromatic rings. The Hall–Kier alpha value is -0.0800. The van der Waals surface area contributed by atoms with E-state index in [4.69, 9.17) is 0 Å². The highest BCUT2D eigenvalue weighted by Crippen LogP contribution is 2.24. The van der Waals surface area contributed by atoms with E-state index in [1.165, 1.54) is 38.9 Å². The lowest BCUT2D eigenvalue weighted by Gasteiger charge is -2.42. The molecule has 0 aromatic carbocycles. The number of nitrogens with one attached hydrogen (secondary N) is 1. The van der Waals surface area contributed by atoms with Crippen LogP contribution in [0.15, 0.2) is 0 Å². The first kappa shape index (κ1) is 13.0. The minimum Gasteiger partial charge on any atom is -0.310 e. The van der Waals surface area contributed by atoms with E-state index in [-0.39, 0.29) is 0 Å². The predicted octanol–water partition coefficient (Wildman–Crippen LogP) is 2.64. The second-order valence-corrected chi connectivity index (χ2v) is 5.78. The third-order valence-electron chi connectivity index (χ3n) is 4.20. The highest BCUT2D eigenvalue weighted by molar-refractivity contribution is 4.92. The van der Waals surface area contributed by atoms with E-state index >= 15 is 0 Å². The van der Waals surface area contributed by atoms with Gasteiger partial charge in [-0.25, -0.2) is 0 Å². The van der Waals surface area contributed by atoms with Gasteiger partial charge in [-0.05, 0) is 53.1 Å². The fourth-order valence-electron chi connectivity index (χ4n) is 2.19. The van der Waals surface area contributed by atoms with E-state index in [1.54, 1.807) is 0 Å². The molecule has 0 radical (unpaired) electrons. The first-order chi connectivity index (χ1) is 6.93. The van der Waals surface area contributed by atoms with Crippen molar-refractivity contribution in [2.75, 3.05) is 19.6 Å². The summed E-state index contributed by atoms with van der Waals surface area (Å²) in [6.07, 6.45) is 3.72. The summed E-state index contributed by atoms with van der Waals surface area (Å²) in [7, 11) is 0. The van der Waals surface area contributed by atoms with Crippen molar-refractivity contribution in [2.45, 2.75) is 65.0 Å². The lowest BCUT2D eigenvalue weighted by molar-refractivity contribution is 0.0928. The van der Waals surface area contributed by atoms with Crippen LogP contribution in [0.4, 0.5) is 0 Å². The minimum absolute atomic E-state index is 0.308. The smallest absolute Gasteiger partial charge is 0.0278 e. The van der Waals surface area contributed by atoms with Gasteiger partial charge in [0.15, 0.2) is 0 Å². The van der Waals surface area contributed by atoms with Crippen molar-refractivity contribution in [1.29, 1.82) is 0 Å². The van der Waals surface area contributed by atoms with Gasteiger partial charge in [-0.3, -0.25) is 4.90 Å². The Morgan fingerprint density at radius 1 is 1.33 bits per heavy atom. The van der Waals surface area contributed by atoms with Crippen LogP contribution in [0, 0.1) is 0 Å². The van der Waals surface area contributed by atoms with Crippen molar-refractivity contribution in [3.8, 4) is 0 Å². The van der Waals surface area contributed by atoms with Gasteiger partial charge in [-0.2, -0.15) is 0 Å². The molecule has 1 aliphatic rings. The second kappa shape index (κ2) is 4.84. The average molecular weight is 212 g/mol. The van der Waals surface area contributed by atoms with Crippen LogP contribution in [0.2, 0.25) is 0 Å². The van der Waals surface area contributed by atoms with E-state index in [2.05, 4.69) is 44.8 Å². The fourth-order valence-corrected chi connectivity index (χ4v) is 2.19. The molecule has 1 fully saturated rings. The maximum Gasteiger partial charge on any atom is 0.0278 e. The molecule has 1 aliphatic heterocycles. The van der Waals surface area contributed by atoms with Gasteiger partial charge in [0.25, 0.3) is 0 Å². The lowest BCUT2D eigenvalue weighted by atomic mass is 9.93. The van der Waals surface area contributed by atoms with Crippen LogP contribution < -0.4 is 5.32 Å². The largest absolute Gasteiger partial charge is 0.310 e. The zero-order valence-electron chi connectivity index (χ0n) is 11.2. The van der Waals surface area contributed by atoms with E-state index in [0.29, 0.717) is 11.1 Å². The molecule has 1 atom stereocenters. The topological polar surface area (TPSA) is 15.3 Å². The molecule has 1 heterocycles. The van der Waals surface area contributed by atoms with Crippen LogP contribution in [0.1, 0.15) is 53.9 Å². The Morgan fingerprint density at radius 3 is 2.53 bits per heavy atom. The highest BCUT2D eigenvalue weighted by atomic mass is 15.2. The SMILES string of the molecule is CCC1(C)CN(C(C)(C)CC)CCCN1. The van der Waals surface area contributed by atoms with Crippen LogP contribution in [-0.2, 0) is 0 Å². The quantitative estimate of drug-likeness (QED) is 0.773. The Bertz CT molecular complexity index is 201. The molecule has 0 saturated carbocycles. The molecule has 1 saturated heterocycles. The van der Waals surface area contributed by atoms with Gasteiger partial charge in [0.1, 0.15) is 0 Å². The van der Waals surface area contributed by atoms with Gasteiger partial charge >= 0.3 is 0 Å². The van der Waals surface area contributed by atoms with Gasteiger partial charge in [0.2, 0.25) is 0 Å². The molecule has 15 heavy (non-hydrogen) atoms. The van der Waals surface area contributed by atoms with Crippen LogP contribution in [0.5, 0.6) is 0 Å². The van der Waals surface area contributed by atoms with E-state index < -0.39 is 0 Å². The number of rotatable bonds is 3. The van der Waals surface area contributed by atoms with Crippen LogP contribution >= 0.6 is 0 Å². The normalized spacial score (nSPS) is 30.2. The summed E-state index contributed by atoms with van der Waals surface area (Å²) in [5.41, 5.74) is 0.658. The molecular formula is C13H28N2. The fraction of sp³-hybridized carbons (Fsp3) is 1.00. The van der Waals surface area contributed by atoms with Crippen molar-refractivity contribution >= 4 is 0 Å². The second-order valence-electron chi connectivity index (χ2n) is 5.78. The Balaban J connectivity index is 2.73. The van der Waals surface area contributed by atoms with Crippen molar-refractivity contribution < 1.29 is 0 Å². The molecule has 0 amide bonds. The summed E-state index contributed by atoms with van der Waals surface area (Å²) in [4.78, 5) is 2.66. The molecule has 1 rings (SSSR count). The highest BCUT2D eigenvalue weighted by Gasteiger charge is 2.33. The van der Waals surface area contributed by atoms with Gasteiger partial charge in [-0.15, -0.1) is 0 Å². The zero-order chi connectivity index (χ0) is 11.5. The summed E-state index contributed by atoms with van der Waals surface area (Å²) < 4.78 is 0. The Labute approximate surface area is 95.4 Å². The molecule has 1 unspecified atom stereocenters. The van der Waals surface area contributed by atoms with Crippen LogP contribution in [0.25, 0.3) is 0 Å². The first-order valence-electron chi connectivity index (χ1n) is 6.43. The third-order valence-corrected chi connectivity index (χ3v) is 4.20. The molecule has 1 N–H and O–H groups in total. The average Bonchev–Trinajstić information content (AvgIpc) is 2.41. The van der Waals surface area contributed by atoms with Crippen molar-refractivity contribution in [1.82, 2.24) is 10.2 Å².